The van der Waals surface area contributed by atoms with Crippen molar-refractivity contribution in [2.45, 2.75) is 32.6 Å². The fraction of sp³-hybridized carbons (Fsp3) is 0.278. The van der Waals surface area contributed by atoms with Crippen LogP contribution in [0.4, 0.5) is 23.4 Å². The number of carbonyl (C=O) groups is 1. The Morgan fingerprint density at radius 1 is 1.23 bits per heavy atom. The van der Waals surface area contributed by atoms with Crippen molar-refractivity contribution in [1.82, 2.24) is 19.6 Å². The Hall–Kier alpha value is -2.59. The fourth-order valence-corrected chi connectivity index (χ4v) is 3.21. The van der Waals surface area contributed by atoms with Gasteiger partial charge in [0.25, 0.3) is 0 Å². The molecule has 0 spiro atoms. The van der Waals surface area contributed by atoms with E-state index in [1.807, 2.05) is 0 Å². The van der Waals surface area contributed by atoms with Crippen molar-refractivity contribution < 1.29 is 22.4 Å². The van der Waals surface area contributed by atoms with Gasteiger partial charge in [0.2, 0.25) is 5.91 Å². The van der Waals surface area contributed by atoms with Gasteiger partial charge in [-0.15, -0.1) is 0 Å². The molecule has 0 fully saturated rings. The van der Waals surface area contributed by atoms with Crippen LogP contribution in [0.1, 0.15) is 29.9 Å². The number of halogens is 6. The maximum Gasteiger partial charge on any atom is 0.436 e. The molecule has 12 heteroatoms. The first-order valence-electron chi connectivity index (χ1n) is 8.58. The summed E-state index contributed by atoms with van der Waals surface area (Å²) in [7, 11) is 0. The van der Waals surface area contributed by atoms with Crippen LogP contribution in [0, 0.1) is 12.7 Å². The van der Waals surface area contributed by atoms with Crippen molar-refractivity contribution >= 4 is 34.9 Å². The van der Waals surface area contributed by atoms with Gasteiger partial charge in [-0.1, -0.05) is 29.3 Å². The van der Waals surface area contributed by atoms with Crippen molar-refractivity contribution in [3.63, 3.8) is 0 Å². The lowest BCUT2D eigenvalue weighted by atomic mass is 10.2. The Balaban J connectivity index is 1.74. The van der Waals surface area contributed by atoms with Crippen LogP contribution in [0.5, 0.6) is 0 Å². The molecule has 6 nitrogen and oxygen atoms in total. The highest BCUT2D eigenvalue weighted by atomic mass is 35.5. The number of nitrogens with zero attached hydrogens (tertiary/aromatic N) is 4. The molecule has 0 saturated heterocycles. The van der Waals surface area contributed by atoms with Crippen LogP contribution < -0.4 is 5.32 Å². The number of nitrogens with one attached hydrogen (secondary N) is 1. The summed E-state index contributed by atoms with van der Waals surface area (Å²) in [5.74, 6) is -1.02. The molecule has 2 aromatic heterocycles. The normalized spacial score (nSPS) is 12.8. The number of rotatable bonds is 5. The van der Waals surface area contributed by atoms with E-state index in [2.05, 4.69) is 15.5 Å². The van der Waals surface area contributed by atoms with Gasteiger partial charge >= 0.3 is 6.18 Å². The highest BCUT2D eigenvalue weighted by Gasteiger charge is 2.39. The van der Waals surface area contributed by atoms with Crippen LogP contribution in [0.3, 0.4) is 0 Å². The van der Waals surface area contributed by atoms with E-state index >= 15 is 0 Å². The summed E-state index contributed by atoms with van der Waals surface area (Å²) < 4.78 is 55.1. The van der Waals surface area contributed by atoms with Gasteiger partial charge in [-0.25, -0.2) is 4.39 Å². The molecule has 0 radical (unpaired) electrons. The van der Waals surface area contributed by atoms with Gasteiger partial charge in [0.05, 0.1) is 17.3 Å². The standard InChI is InChI=1S/C18H15Cl2F4N5O/c1-9-15(20)16(18(22,23)24)27-29(9)10(2)17(30)25-14-6-7-28(26-14)8-11-12(19)4-3-5-13(11)21/h3-7,10H,8H2,1-2H3,(H,25,26,30). The number of amides is 1. The van der Waals surface area contributed by atoms with E-state index < -0.39 is 34.7 Å². The maximum atomic E-state index is 13.9. The quantitative estimate of drug-likeness (QED) is 0.535. The van der Waals surface area contributed by atoms with Gasteiger partial charge in [-0.2, -0.15) is 23.4 Å². The van der Waals surface area contributed by atoms with Gasteiger partial charge < -0.3 is 5.32 Å². The molecular formula is C18H15Cl2F4N5O. The van der Waals surface area contributed by atoms with Crippen molar-refractivity contribution in [1.29, 1.82) is 0 Å². The molecule has 0 saturated carbocycles. The minimum Gasteiger partial charge on any atom is -0.307 e. The van der Waals surface area contributed by atoms with E-state index in [4.69, 9.17) is 23.2 Å². The van der Waals surface area contributed by atoms with E-state index in [0.717, 1.165) is 4.68 Å². The Kier molecular flexibility index (Phi) is 6.09. The predicted molar refractivity (Wildman–Crippen MR) is 103 cm³/mol. The highest BCUT2D eigenvalue weighted by Crippen LogP contribution is 2.36. The van der Waals surface area contributed by atoms with Crippen molar-refractivity contribution in [3.05, 3.63) is 63.3 Å². The third kappa shape index (κ3) is 4.44. The lowest BCUT2D eigenvalue weighted by molar-refractivity contribution is -0.141. The molecule has 0 aliphatic heterocycles. The second-order valence-electron chi connectivity index (χ2n) is 6.45. The molecule has 160 valence electrons. The smallest absolute Gasteiger partial charge is 0.307 e. The van der Waals surface area contributed by atoms with Crippen molar-refractivity contribution in [2.75, 3.05) is 5.32 Å². The number of hydrogen-bond acceptors (Lipinski definition) is 3. The number of alkyl halides is 3. The molecule has 0 bridgehead atoms. The SMILES string of the molecule is Cc1c(Cl)c(C(F)(F)F)nn1C(C)C(=O)Nc1ccn(Cc2c(F)cccc2Cl)n1. The highest BCUT2D eigenvalue weighted by molar-refractivity contribution is 6.32. The Labute approximate surface area is 178 Å². The van der Waals surface area contributed by atoms with Gasteiger partial charge in [0, 0.05) is 22.8 Å². The first-order valence-corrected chi connectivity index (χ1v) is 9.33. The van der Waals surface area contributed by atoms with Gasteiger partial charge in [0.15, 0.2) is 11.5 Å². The molecule has 1 N–H and O–H groups in total. The zero-order chi connectivity index (χ0) is 22.2. The minimum absolute atomic E-state index is 0.00589. The molecule has 3 rings (SSSR count). The average Bonchev–Trinajstić information content (AvgIpc) is 3.22. The summed E-state index contributed by atoms with van der Waals surface area (Å²) >= 11 is 11.7. The van der Waals surface area contributed by atoms with Crippen LogP contribution in [-0.4, -0.2) is 25.5 Å². The molecule has 30 heavy (non-hydrogen) atoms. The third-order valence-electron chi connectivity index (χ3n) is 4.37. The van der Waals surface area contributed by atoms with Crippen LogP contribution in [-0.2, 0) is 17.5 Å². The molecule has 1 amide bonds. The summed E-state index contributed by atoms with van der Waals surface area (Å²) in [6, 6.07) is 4.65. The molecule has 3 aromatic rings. The van der Waals surface area contributed by atoms with Gasteiger partial charge in [-0.05, 0) is 26.0 Å². The van der Waals surface area contributed by atoms with Gasteiger partial charge in [0.1, 0.15) is 11.9 Å². The number of aromatic nitrogens is 4. The second kappa shape index (κ2) is 8.27. The lowest BCUT2D eigenvalue weighted by Crippen LogP contribution is -2.26. The predicted octanol–water partition coefficient (Wildman–Crippen LogP) is 5.10. The lowest BCUT2D eigenvalue weighted by Gasteiger charge is -2.13. The Bertz CT molecular complexity index is 1070. The summed E-state index contributed by atoms with van der Waals surface area (Å²) in [6.07, 6.45) is -3.24. The van der Waals surface area contributed by atoms with E-state index in [-0.39, 0.29) is 28.6 Å². The summed E-state index contributed by atoms with van der Waals surface area (Å²) in [6.45, 7) is 2.74. The molecule has 2 heterocycles. The fourth-order valence-electron chi connectivity index (χ4n) is 2.76. The van der Waals surface area contributed by atoms with E-state index in [1.54, 1.807) is 6.07 Å². The molecule has 0 aliphatic rings. The van der Waals surface area contributed by atoms with Crippen LogP contribution in [0.15, 0.2) is 30.5 Å². The molecule has 1 unspecified atom stereocenters. The van der Waals surface area contributed by atoms with E-state index in [1.165, 1.54) is 42.9 Å². The van der Waals surface area contributed by atoms with E-state index in [9.17, 15) is 22.4 Å². The topological polar surface area (TPSA) is 64.7 Å². The van der Waals surface area contributed by atoms with Crippen LogP contribution in [0.25, 0.3) is 0 Å². The number of anilines is 1. The molecule has 0 aliphatic carbocycles. The first-order chi connectivity index (χ1) is 14.0. The van der Waals surface area contributed by atoms with Crippen molar-refractivity contribution in [3.8, 4) is 0 Å². The number of benzene rings is 1. The third-order valence-corrected chi connectivity index (χ3v) is 5.17. The van der Waals surface area contributed by atoms with E-state index in [0.29, 0.717) is 0 Å². The second-order valence-corrected chi connectivity index (χ2v) is 7.24. The zero-order valence-electron chi connectivity index (χ0n) is 15.6. The number of hydrogen-bond donors (Lipinski definition) is 1. The first kappa shape index (κ1) is 22.1. The average molecular weight is 464 g/mol. The molecule has 1 atom stereocenters. The van der Waals surface area contributed by atoms with Crippen LogP contribution >= 0.6 is 23.2 Å². The van der Waals surface area contributed by atoms with Crippen LogP contribution in [0.2, 0.25) is 10.0 Å². The largest absolute Gasteiger partial charge is 0.436 e. The Morgan fingerprint density at radius 2 is 1.93 bits per heavy atom. The van der Waals surface area contributed by atoms with Gasteiger partial charge in [-0.3, -0.25) is 14.2 Å². The Morgan fingerprint density at radius 3 is 2.53 bits per heavy atom. The zero-order valence-corrected chi connectivity index (χ0v) is 17.1. The molecular weight excluding hydrogens is 449 g/mol. The number of carbonyl (C=O) groups excluding carboxylic acids is 1. The minimum atomic E-state index is -4.74. The van der Waals surface area contributed by atoms with Crippen molar-refractivity contribution in [2.24, 2.45) is 0 Å². The maximum absolute atomic E-state index is 13.9. The molecule has 1 aromatic carbocycles. The summed E-state index contributed by atoms with van der Waals surface area (Å²) in [5.41, 5.74) is -1.02. The summed E-state index contributed by atoms with van der Waals surface area (Å²) in [5, 5.41) is 9.71. The monoisotopic (exact) mass is 463 g/mol. The summed E-state index contributed by atoms with van der Waals surface area (Å²) in [4.78, 5) is 12.5.